The number of hydrogen-bond acceptors (Lipinski definition) is 5. The van der Waals surface area contributed by atoms with Crippen LogP contribution in [0.25, 0.3) is 0 Å². The molecule has 0 heterocycles. The summed E-state index contributed by atoms with van der Waals surface area (Å²) in [6.45, 7) is 0.0488. The van der Waals surface area contributed by atoms with Crippen LogP contribution in [0.15, 0.2) is 48.5 Å². The van der Waals surface area contributed by atoms with Gasteiger partial charge in [-0.1, -0.05) is 30.3 Å². The molecule has 1 amide bonds. The zero-order valence-corrected chi connectivity index (χ0v) is 16.2. The maximum Gasteiger partial charge on any atom is 0.235 e. The summed E-state index contributed by atoms with van der Waals surface area (Å²) in [7, 11) is -0.421. The van der Waals surface area contributed by atoms with Crippen LogP contribution in [0.4, 0.5) is 0 Å². The molecule has 0 aliphatic heterocycles. The Labute approximate surface area is 159 Å². The summed E-state index contributed by atoms with van der Waals surface area (Å²) in [6, 6.07) is 14.2. The number of nitrogens with one attached hydrogen (secondary N) is 2. The molecule has 0 aliphatic carbocycles. The average molecular weight is 392 g/mol. The predicted octanol–water partition coefficient (Wildman–Crippen LogP) is 1.48. The number of benzene rings is 2. The highest BCUT2D eigenvalue weighted by molar-refractivity contribution is 7.88. The SMILES string of the molecule is COc1ccc(OC)c(CCNC(=O)CNS(=O)(=O)Cc2ccccc2)c1. The van der Waals surface area contributed by atoms with E-state index in [1.54, 1.807) is 50.6 Å². The molecule has 7 nitrogen and oxygen atoms in total. The Bertz CT molecular complexity index is 854. The van der Waals surface area contributed by atoms with Crippen LogP contribution in [-0.4, -0.2) is 41.6 Å². The van der Waals surface area contributed by atoms with Crippen molar-refractivity contribution in [2.75, 3.05) is 27.3 Å². The molecule has 2 rings (SSSR count). The average Bonchev–Trinajstić information content (AvgIpc) is 2.67. The van der Waals surface area contributed by atoms with Crippen LogP contribution in [0.5, 0.6) is 11.5 Å². The number of rotatable bonds is 10. The van der Waals surface area contributed by atoms with Crippen LogP contribution in [0.1, 0.15) is 11.1 Å². The van der Waals surface area contributed by atoms with E-state index < -0.39 is 15.9 Å². The van der Waals surface area contributed by atoms with E-state index in [2.05, 4.69) is 10.0 Å². The highest BCUT2D eigenvalue weighted by Gasteiger charge is 2.13. The Morgan fingerprint density at radius 1 is 1.04 bits per heavy atom. The molecule has 0 fully saturated rings. The van der Waals surface area contributed by atoms with Gasteiger partial charge in [0, 0.05) is 6.54 Å². The summed E-state index contributed by atoms with van der Waals surface area (Å²) in [5.41, 5.74) is 1.55. The van der Waals surface area contributed by atoms with Gasteiger partial charge in [0.2, 0.25) is 15.9 Å². The van der Waals surface area contributed by atoms with Gasteiger partial charge in [0.1, 0.15) is 11.5 Å². The molecular formula is C19H24N2O5S. The minimum Gasteiger partial charge on any atom is -0.497 e. The molecule has 0 saturated carbocycles. The Kier molecular flexibility index (Phi) is 7.63. The number of sulfonamides is 1. The highest BCUT2D eigenvalue weighted by Crippen LogP contribution is 2.24. The van der Waals surface area contributed by atoms with Gasteiger partial charge in [-0.25, -0.2) is 13.1 Å². The van der Waals surface area contributed by atoms with Gasteiger partial charge in [0.25, 0.3) is 0 Å². The lowest BCUT2D eigenvalue weighted by Crippen LogP contribution is -2.38. The molecule has 27 heavy (non-hydrogen) atoms. The molecule has 0 aliphatic rings. The lowest BCUT2D eigenvalue weighted by molar-refractivity contribution is -0.119. The summed E-state index contributed by atoms with van der Waals surface area (Å²) < 4.78 is 36.9. The first kappa shape index (κ1) is 20.7. The molecule has 146 valence electrons. The molecular weight excluding hydrogens is 368 g/mol. The van der Waals surface area contributed by atoms with Crippen LogP contribution in [0.2, 0.25) is 0 Å². The molecule has 0 saturated heterocycles. The molecule has 2 aromatic rings. The van der Waals surface area contributed by atoms with Crippen LogP contribution >= 0.6 is 0 Å². The Morgan fingerprint density at radius 3 is 2.44 bits per heavy atom. The number of carbonyl (C=O) groups is 1. The fraction of sp³-hybridized carbons (Fsp3) is 0.316. The summed E-state index contributed by atoms with van der Waals surface area (Å²) in [4.78, 5) is 11.9. The van der Waals surface area contributed by atoms with Crippen molar-refractivity contribution in [2.45, 2.75) is 12.2 Å². The second-order valence-electron chi connectivity index (χ2n) is 5.84. The lowest BCUT2D eigenvalue weighted by Gasteiger charge is -2.11. The molecule has 0 aromatic heterocycles. The zero-order valence-electron chi connectivity index (χ0n) is 15.4. The first-order chi connectivity index (χ1) is 12.9. The van der Waals surface area contributed by atoms with Crippen LogP contribution in [0, 0.1) is 0 Å². The molecule has 0 bridgehead atoms. The maximum atomic E-state index is 12.0. The topological polar surface area (TPSA) is 93.7 Å². The maximum absolute atomic E-state index is 12.0. The van der Waals surface area contributed by atoms with Crippen molar-refractivity contribution in [1.82, 2.24) is 10.0 Å². The van der Waals surface area contributed by atoms with Crippen LogP contribution in [0.3, 0.4) is 0 Å². The molecule has 0 unspecified atom stereocenters. The fourth-order valence-corrected chi connectivity index (χ4v) is 3.58. The van der Waals surface area contributed by atoms with Crippen molar-refractivity contribution in [2.24, 2.45) is 0 Å². The Hall–Kier alpha value is -2.58. The third kappa shape index (κ3) is 6.92. The highest BCUT2D eigenvalue weighted by atomic mass is 32.2. The summed E-state index contributed by atoms with van der Waals surface area (Å²) in [6.07, 6.45) is 0.531. The number of hydrogen-bond donors (Lipinski definition) is 2. The van der Waals surface area contributed by atoms with Gasteiger partial charge in [-0.15, -0.1) is 0 Å². The predicted molar refractivity (Wildman–Crippen MR) is 103 cm³/mol. The van der Waals surface area contributed by atoms with E-state index in [1.807, 2.05) is 12.1 Å². The van der Waals surface area contributed by atoms with Gasteiger partial charge in [0.15, 0.2) is 0 Å². The monoisotopic (exact) mass is 392 g/mol. The first-order valence-electron chi connectivity index (χ1n) is 8.42. The minimum absolute atomic E-state index is 0.165. The smallest absolute Gasteiger partial charge is 0.235 e. The van der Waals surface area contributed by atoms with Gasteiger partial charge in [-0.3, -0.25) is 4.79 Å². The minimum atomic E-state index is -3.57. The quantitative estimate of drug-likeness (QED) is 0.639. The number of ether oxygens (including phenoxy) is 2. The van der Waals surface area contributed by atoms with Crippen LogP contribution < -0.4 is 19.5 Å². The zero-order chi connectivity index (χ0) is 19.7. The van der Waals surface area contributed by atoms with Crippen molar-refractivity contribution in [3.8, 4) is 11.5 Å². The normalized spacial score (nSPS) is 11.0. The molecule has 0 radical (unpaired) electrons. The largest absolute Gasteiger partial charge is 0.497 e. The third-order valence-electron chi connectivity index (χ3n) is 3.86. The number of carbonyl (C=O) groups excluding carboxylic acids is 1. The van der Waals surface area contributed by atoms with Crippen molar-refractivity contribution < 1.29 is 22.7 Å². The Morgan fingerprint density at radius 2 is 1.78 bits per heavy atom. The number of amides is 1. The van der Waals surface area contributed by atoms with E-state index in [9.17, 15) is 13.2 Å². The van der Waals surface area contributed by atoms with E-state index in [-0.39, 0.29) is 12.3 Å². The van der Waals surface area contributed by atoms with Crippen molar-refractivity contribution in [3.63, 3.8) is 0 Å². The molecule has 8 heteroatoms. The summed E-state index contributed by atoms with van der Waals surface area (Å²) in [5, 5.41) is 2.69. The van der Waals surface area contributed by atoms with Gasteiger partial charge >= 0.3 is 0 Å². The third-order valence-corrected chi connectivity index (χ3v) is 5.15. The number of methoxy groups -OCH3 is 2. The van der Waals surface area contributed by atoms with Crippen LogP contribution in [-0.2, 0) is 27.0 Å². The molecule has 2 N–H and O–H groups in total. The van der Waals surface area contributed by atoms with Crippen molar-refractivity contribution in [3.05, 3.63) is 59.7 Å². The fourth-order valence-electron chi connectivity index (χ4n) is 2.50. The van der Waals surface area contributed by atoms with Gasteiger partial charge in [-0.05, 0) is 35.7 Å². The summed E-state index contributed by atoms with van der Waals surface area (Å²) >= 11 is 0. The van der Waals surface area contributed by atoms with Gasteiger partial charge in [0.05, 0.1) is 26.5 Å². The molecule has 2 aromatic carbocycles. The molecule has 0 spiro atoms. The van der Waals surface area contributed by atoms with Crippen molar-refractivity contribution >= 4 is 15.9 Å². The van der Waals surface area contributed by atoms with E-state index in [4.69, 9.17) is 9.47 Å². The second kappa shape index (κ2) is 9.94. The summed E-state index contributed by atoms with van der Waals surface area (Å²) in [5.74, 6) is 0.843. The van der Waals surface area contributed by atoms with E-state index in [0.717, 1.165) is 5.56 Å². The van der Waals surface area contributed by atoms with Gasteiger partial charge < -0.3 is 14.8 Å². The standard InChI is InChI=1S/C19H24N2O5S/c1-25-17-8-9-18(26-2)16(12-17)10-11-20-19(22)13-21-27(23,24)14-15-6-4-3-5-7-15/h3-9,12,21H,10-11,13-14H2,1-2H3,(H,20,22). The van der Waals surface area contributed by atoms with E-state index in [0.29, 0.717) is 30.0 Å². The van der Waals surface area contributed by atoms with Crippen molar-refractivity contribution in [1.29, 1.82) is 0 Å². The van der Waals surface area contributed by atoms with Gasteiger partial charge in [-0.2, -0.15) is 0 Å². The lowest BCUT2D eigenvalue weighted by atomic mass is 10.1. The Balaban J connectivity index is 1.79. The van der Waals surface area contributed by atoms with E-state index >= 15 is 0 Å². The molecule has 0 atom stereocenters. The second-order valence-corrected chi connectivity index (χ2v) is 7.65. The van der Waals surface area contributed by atoms with E-state index in [1.165, 1.54) is 0 Å². The first-order valence-corrected chi connectivity index (χ1v) is 10.1.